The van der Waals surface area contributed by atoms with E-state index in [1.54, 1.807) is 26.3 Å². The number of carbonyl (C=O) groups is 1. The Bertz CT molecular complexity index is 267. The van der Waals surface area contributed by atoms with Gasteiger partial charge in [0.2, 0.25) is 0 Å². The van der Waals surface area contributed by atoms with Crippen molar-refractivity contribution in [2.24, 2.45) is 4.99 Å². The van der Waals surface area contributed by atoms with Gasteiger partial charge in [-0.3, -0.25) is 4.90 Å². The van der Waals surface area contributed by atoms with Gasteiger partial charge >= 0.3 is 6.09 Å². The molecule has 4 nitrogen and oxygen atoms in total. The van der Waals surface area contributed by atoms with Crippen LogP contribution in [0, 0.1) is 0 Å². The highest BCUT2D eigenvalue weighted by Crippen LogP contribution is 2.04. The maximum atomic E-state index is 11.2. The van der Waals surface area contributed by atoms with E-state index in [9.17, 15) is 4.79 Å². The highest BCUT2D eigenvalue weighted by atomic mass is 16.5. The van der Waals surface area contributed by atoms with Crippen molar-refractivity contribution in [3.8, 4) is 0 Å². The van der Waals surface area contributed by atoms with E-state index in [0.29, 0.717) is 5.82 Å². The van der Waals surface area contributed by atoms with Crippen LogP contribution in [-0.4, -0.2) is 31.4 Å². The van der Waals surface area contributed by atoms with Gasteiger partial charge in [-0.1, -0.05) is 12.2 Å². The largest absolute Gasteiger partial charge is 0.452 e. The molecular formula is C10H16N2O2. The van der Waals surface area contributed by atoms with Crippen molar-refractivity contribution in [1.29, 1.82) is 0 Å². The molecule has 0 N–H and O–H groups in total. The Kier molecular flexibility index (Phi) is 6.11. The van der Waals surface area contributed by atoms with E-state index < -0.39 is 6.09 Å². The maximum Gasteiger partial charge on any atom is 0.414 e. The zero-order valence-electron chi connectivity index (χ0n) is 9.02. The van der Waals surface area contributed by atoms with E-state index in [-0.39, 0.29) is 0 Å². The quantitative estimate of drug-likeness (QED) is 0.513. The Balaban J connectivity index is 4.73. The van der Waals surface area contributed by atoms with Crippen molar-refractivity contribution >= 4 is 12.3 Å². The molecule has 0 aliphatic heterocycles. The fourth-order valence-electron chi connectivity index (χ4n) is 0.786. The summed E-state index contributed by atoms with van der Waals surface area (Å²) in [5.41, 5.74) is 0. The molecule has 0 unspecified atom stereocenters. The van der Waals surface area contributed by atoms with Crippen molar-refractivity contribution in [2.75, 3.05) is 14.2 Å². The molecule has 0 radical (unpaired) electrons. The molecule has 0 fully saturated rings. The average molecular weight is 196 g/mol. The molecular weight excluding hydrogens is 180 g/mol. The van der Waals surface area contributed by atoms with E-state index in [1.807, 2.05) is 19.1 Å². The van der Waals surface area contributed by atoms with Gasteiger partial charge in [-0.2, -0.15) is 0 Å². The summed E-state index contributed by atoms with van der Waals surface area (Å²) in [6.07, 6.45) is 6.58. The number of allylic oxidation sites excluding steroid dienone is 3. The van der Waals surface area contributed by atoms with E-state index in [1.165, 1.54) is 12.0 Å². The Morgan fingerprint density at radius 3 is 2.50 bits per heavy atom. The Hall–Kier alpha value is -1.58. The molecule has 0 rings (SSSR count). The topological polar surface area (TPSA) is 41.9 Å². The van der Waals surface area contributed by atoms with E-state index in [0.717, 1.165) is 0 Å². The van der Waals surface area contributed by atoms with Gasteiger partial charge in [0.05, 0.1) is 7.11 Å². The van der Waals surface area contributed by atoms with E-state index in [4.69, 9.17) is 0 Å². The fourth-order valence-corrected chi connectivity index (χ4v) is 0.786. The van der Waals surface area contributed by atoms with Crippen molar-refractivity contribution in [1.82, 2.24) is 4.90 Å². The first-order chi connectivity index (χ1) is 6.67. The summed E-state index contributed by atoms with van der Waals surface area (Å²) in [5, 5.41) is 0. The number of ether oxygens (including phenoxy) is 1. The van der Waals surface area contributed by atoms with Gasteiger partial charge < -0.3 is 4.74 Å². The minimum Gasteiger partial charge on any atom is -0.452 e. The molecule has 1 amide bonds. The first-order valence-electron chi connectivity index (χ1n) is 4.30. The zero-order valence-corrected chi connectivity index (χ0v) is 9.02. The second-order valence-electron chi connectivity index (χ2n) is 2.47. The maximum absolute atomic E-state index is 11.2. The first kappa shape index (κ1) is 12.4. The van der Waals surface area contributed by atoms with Crippen LogP contribution in [-0.2, 0) is 4.74 Å². The van der Waals surface area contributed by atoms with Gasteiger partial charge in [0, 0.05) is 13.3 Å². The summed E-state index contributed by atoms with van der Waals surface area (Å²) in [5.74, 6) is 0.539. The van der Waals surface area contributed by atoms with Crippen molar-refractivity contribution < 1.29 is 9.53 Å². The molecule has 0 saturated carbocycles. The molecule has 0 spiro atoms. The number of nitrogens with zero attached hydrogens (tertiary/aromatic N) is 2. The first-order valence-corrected chi connectivity index (χ1v) is 4.30. The van der Waals surface area contributed by atoms with Crippen LogP contribution in [0.4, 0.5) is 4.79 Å². The average Bonchev–Trinajstić information content (AvgIpc) is 2.22. The Morgan fingerprint density at radius 1 is 1.43 bits per heavy atom. The summed E-state index contributed by atoms with van der Waals surface area (Å²) in [7, 11) is 2.94. The van der Waals surface area contributed by atoms with Crippen LogP contribution < -0.4 is 0 Å². The number of hydrogen-bond donors (Lipinski definition) is 0. The molecule has 0 bridgehead atoms. The molecule has 0 aromatic carbocycles. The standard InChI is InChI=1S/C10H16N2O2/c1-5-7-8-9(11-6-2)12(3)10(13)14-4/h5-8H,1-4H3/b7-5-,9-8+,11-6-. The molecule has 78 valence electrons. The molecule has 0 saturated heterocycles. The molecule has 0 aliphatic carbocycles. The van der Waals surface area contributed by atoms with Crippen LogP contribution in [0.5, 0.6) is 0 Å². The Labute approximate surface area is 84.6 Å². The van der Waals surface area contributed by atoms with Crippen molar-refractivity contribution in [3.05, 3.63) is 24.0 Å². The van der Waals surface area contributed by atoms with Gasteiger partial charge in [0.1, 0.15) is 5.82 Å². The summed E-state index contributed by atoms with van der Waals surface area (Å²) < 4.78 is 4.57. The number of methoxy groups -OCH3 is 1. The third-order valence-electron chi connectivity index (χ3n) is 1.49. The molecule has 14 heavy (non-hydrogen) atoms. The summed E-state index contributed by atoms with van der Waals surface area (Å²) >= 11 is 0. The highest BCUT2D eigenvalue weighted by Gasteiger charge is 2.10. The number of amides is 1. The number of carbonyl (C=O) groups excluding carboxylic acids is 1. The van der Waals surface area contributed by atoms with Gasteiger partial charge in [0.15, 0.2) is 0 Å². The van der Waals surface area contributed by atoms with Gasteiger partial charge in [0.25, 0.3) is 0 Å². The second kappa shape index (κ2) is 6.88. The lowest BCUT2D eigenvalue weighted by Gasteiger charge is -2.14. The van der Waals surface area contributed by atoms with Crippen LogP contribution in [0.1, 0.15) is 13.8 Å². The van der Waals surface area contributed by atoms with Crippen LogP contribution in [0.15, 0.2) is 29.0 Å². The van der Waals surface area contributed by atoms with Gasteiger partial charge in [-0.25, -0.2) is 9.79 Å². The molecule has 0 aliphatic rings. The number of rotatable bonds is 3. The summed E-state index contributed by atoms with van der Waals surface area (Å²) in [4.78, 5) is 16.5. The van der Waals surface area contributed by atoms with Gasteiger partial charge in [-0.05, 0) is 19.9 Å². The number of hydrogen-bond acceptors (Lipinski definition) is 3. The second-order valence-corrected chi connectivity index (χ2v) is 2.47. The monoisotopic (exact) mass is 196 g/mol. The van der Waals surface area contributed by atoms with Gasteiger partial charge in [-0.15, -0.1) is 0 Å². The SMILES string of the molecule is C\C=C/C=C(\N=C/C)N(C)C(=O)OC. The molecule has 4 heteroatoms. The number of aliphatic imine (C=N–C) groups is 1. The summed E-state index contributed by atoms with van der Waals surface area (Å²) in [6, 6.07) is 0. The third kappa shape index (κ3) is 3.89. The van der Waals surface area contributed by atoms with Crippen LogP contribution in [0.2, 0.25) is 0 Å². The van der Waals surface area contributed by atoms with Crippen LogP contribution in [0.25, 0.3) is 0 Å². The molecule has 0 aromatic heterocycles. The minimum atomic E-state index is -0.439. The van der Waals surface area contributed by atoms with E-state index in [2.05, 4.69) is 9.73 Å². The predicted octanol–water partition coefficient (Wildman–Crippen LogP) is 2.19. The molecule has 0 atom stereocenters. The normalized spacial score (nSPS) is 12.4. The third-order valence-corrected chi connectivity index (χ3v) is 1.49. The summed E-state index contributed by atoms with van der Waals surface area (Å²) in [6.45, 7) is 3.68. The van der Waals surface area contributed by atoms with Crippen molar-refractivity contribution in [3.63, 3.8) is 0 Å². The lowest BCUT2D eigenvalue weighted by molar-refractivity contribution is 0.143. The zero-order chi connectivity index (χ0) is 11.0. The predicted molar refractivity (Wildman–Crippen MR) is 57.2 cm³/mol. The van der Waals surface area contributed by atoms with Crippen LogP contribution in [0.3, 0.4) is 0 Å². The van der Waals surface area contributed by atoms with E-state index >= 15 is 0 Å². The lowest BCUT2D eigenvalue weighted by atomic mass is 10.4. The Morgan fingerprint density at radius 2 is 2.07 bits per heavy atom. The smallest absolute Gasteiger partial charge is 0.414 e. The van der Waals surface area contributed by atoms with Crippen molar-refractivity contribution in [2.45, 2.75) is 13.8 Å². The minimum absolute atomic E-state index is 0.439. The molecule has 0 aromatic rings. The fraction of sp³-hybridized carbons (Fsp3) is 0.400. The van der Waals surface area contributed by atoms with Crippen LogP contribution >= 0.6 is 0 Å². The lowest BCUT2D eigenvalue weighted by Crippen LogP contribution is -2.25. The highest BCUT2D eigenvalue weighted by molar-refractivity contribution is 5.70. The molecule has 0 heterocycles.